The van der Waals surface area contributed by atoms with E-state index in [0.29, 0.717) is 24.4 Å². The van der Waals surface area contributed by atoms with Gasteiger partial charge in [0.25, 0.3) is 0 Å². The van der Waals surface area contributed by atoms with Crippen LogP contribution in [0.5, 0.6) is 5.75 Å². The van der Waals surface area contributed by atoms with Crippen LogP contribution in [0.15, 0.2) is 71.7 Å². The highest BCUT2D eigenvalue weighted by molar-refractivity contribution is 7.99. The number of halogens is 1. The van der Waals surface area contributed by atoms with Crippen LogP contribution in [0.25, 0.3) is 0 Å². The number of ether oxygens (including phenoxy) is 2. The Balaban J connectivity index is 1.11. The quantitative estimate of drug-likeness (QED) is 0.141. The van der Waals surface area contributed by atoms with Crippen molar-refractivity contribution in [1.82, 2.24) is 9.97 Å². The molecule has 7 rings (SSSR count). The predicted octanol–water partition coefficient (Wildman–Crippen LogP) is 7.86. The highest BCUT2D eigenvalue weighted by Gasteiger charge is 2.45. The Morgan fingerprint density at radius 3 is 2.78 bits per heavy atom. The minimum Gasteiger partial charge on any atom is -0.490 e. The number of anilines is 1. The number of carboxylic acid groups (broad SMARTS) is 1. The van der Waals surface area contributed by atoms with Crippen LogP contribution >= 0.6 is 23.4 Å². The molecule has 9 heteroatoms. The number of rotatable bonds is 9. The first kappa shape index (κ1) is 31.5. The molecule has 3 aliphatic carbocycles. The number of benzene rings is 2. The maximum Gasteiger partial charge on any atom is 0.335 e. The lowest BCUT2D eigenvalue weighted by molar-refractivity contribution is 0.00323. The molecule has 2 heterocycles. The van der Waals surface area contributed by atoms with Gasteiger partial charge in [-0.25, -0.2) is 14.8 Å². The molecule has 7 nitrogen and oxygen atoms in total. The zero-order valence-corrected chi connectivity index (χ0v) is 27.9. The van der Waals surface area contributed by atoms with Gasteiger partial charge in [0, 0.05) is 48.8 Å². The number of aromatic carboxylic acids is 1. The lowest BCUT2D eigenvalue weighted by atomic mass is 9.66. The average molecular weight is 660 g/mol. The van der Waals surface area contributed by atoms with Crippen molar-refractivity contribution in [3.8, 4) is 5.75 Å². The standard InChI is InChI=1S/C37H42ClN3O4S/c1-44-34(25-7-5-24(6-8-25)21-46-36-39-16-3-17-40-36)30-12-9-28(30)20-41-22-37(15-2-4-26-18-29(38)11-13-31(26)37)23-45-33-14-10-27(35(42)43)19-32(33)41/h3,7,10-11,13-14,16-19,24,28,30,34H,2,4-6,8-9,12,15,20-23H2,1H3,(H,42,43)/t24-,28-,30+,34-,37?/m0/s1. The van der Waals surface area contributed by atoms with Crippen LogP contribution in [-0.2, 0) is 16.6 Å². The third-order valence-corrected chi connectivity index (χ3v) is 12.1. The van der Waals surface area contributed by atoms with E-state index in [-0.39, 0.29) is 17.1 Å². The van der Waals surface area contributed by atoms with E-state index in [1.807, 2.05) is 31.4 Å². The van der Waals surface area contributed by atoms with E-state index in [1.165, 1.54) is 16.7 Å². The number of nitrogens with zero attached hydrogens (tertiary/aromatic N) is 3. The molecule has 242 valence electrons. The fraction of sp³-hybridized carbons (Fsp3) is 0.486. The zero-order valence-electron chi connectivity index (χ0n) is 26.4. The number of carbonyl (C=O) groups is 1. The van der Waals surface area contributed by atoms with Crippen molar-refractivity contribution in [3.05, 3.63) is 88.2 Å². The number of aryl methyl sites for hydroxylation is 1. The van der Waals surface area contributed by atoms with Gasteiger partial charge in [-0.15, -0.1) is 0 Å². The molecule has 46 heavy (non-hydrogen) atoms. The van der Waals surface area contributed by atoms with Crippen molar-refractivity contribution >= 4 is 35.0 Å². The number of allylic oxidation sites excluding steroid dienone is 1. The molecule has 1 spiro atoms. The Hall–Kier alpha value is -3.07. The van der Waals surface area contributed by atoms with Gasteiger partial charge in [-0.05, 0) is 122 Å². The van der Waals surface area contributed by atoms with E-state index in [2.05, 4.69) is 33.1 Å². The van der Waals surface area contributed by atoms with Crippen molar-refractivity contribution in [3.63, 3.8) is 0 Å². The Morgan fingerprint density at radius 1 is 1.17 bits per heavy atom. The van der Waals surface area contributed by atoms with E-state index in [0.717, 1.165) is 91.8 Å². The highest BCUT2D eigenvalue weighted by Crippen LogP contribution is 2.48. The van der Waals surface area contributed by atoms with Crippen LogP contribution in [0.2, 0.25) is 5.02 Å². The normalized spacial score (nSPS) is 26.2. The van der Waals surface area contributed by atoms with Crippen LogP contribution in [0, 0.1) is 17.8 Å². The van der Waals surface area contributed by atoms with Crippen LogP contribution in [0.4, 0.5) is 5.69 Å². The van der Waals surface area contributed by atoms with Gasteiger partial charge in [0.05, 0.1) is 24.0 Å². The summed E-state index contributed by atoms with van der Waals surface area (Å²) >= 11 is 8.18. The summed E-state index contributed by atoms with van der Waals surface area (Å²) < 4.78 is 12.8. The Bertz CT molecular complexity index is 1600. The number of carboxylic acids is 1. The molecule has 1 aliphatic heterocycles. The van der Waals surface area contributed by atoms with Crippen molar-refractivity contribution in [2.75, 3.05) is 37.5 Å². The molecule has 5 atom stereocenters. The monoisotopic (exact) mass is 659 g/mol. The van der Waals surface area contributed by atoms with E-state index < -0.39 is 5.97 Å². The summed E-state index contributed by atoms with van der Waals surface area (Å²) in [5.41, 5.74) is 5.05. The Labute approximate surface area is 280 Å². The van der Waals surface area contributed by atoms with Gasteiger partial charge in [0.1, 0.15) is 5.75 Å². The smallest absolute Gasteiger partial charge is 0.335 e. The molecular weight excluding hydrogens is 618 g/mol. The summed E-state index contributed by atoms with van der Waals surface area (Å²) in [6.45, 7) is 2.19. The Kier molecular flexibility index (Phi) is 9.30. The van der Waals surface area contributed by atoms with Gasteiger partial charge in [-0.3, -0.25) is 0 Å². The van der Waals surface area contributed by atoms with Crippen LogP contribution in [0.1, 0.15) is 66.4 Å². The number of methoxy groups -OCH3 is 1. The summed E-state index contributed by atoms with van der Waals surface area (Å²) in [6, 6.07) is 13.5. The maximum absolute atomic E-state index is 12.0. The van der Waals surface area contributed by atoms with Gasteiger partial charge in [-0.1, -0.05) is 35.5 Å². The van der Waals surface area contributed by atoms with Crippen LogP contribution in [-0.4, -0.2) is 59.7 Å². The predicted molar refractivity (Wildman–Crippen MR) is 182 cm³/mol. The summed E-state index contributed by atoms with van der Waals surface area (Å²) in [5, 5.41) is 11.5. The zero-order chi connectivity index (χ0) is 31.7. The van der Waals surface area contributed by atoms with Crippen LogP contribution < -0.4 is 9.64 Å². The number of fused-ring (bicyclic) bond motifs is 3. The van der Waals surface area contributed by atoms with Gasteiger partial charge >= 0.3 is 5.97 Å². The van der Waals surface area contributed by atoms with Gasteiger partial charge in [0.15, 0.2) is 5.16 Å². The molecule has 1 N–H and O–H groups in total. The molecule has 0 radical (unpaired) electrons. The number of hydrogen-bond acceptors (Lipinski definition) is 7. The van der Waals surface area contributed by atoms with Crippen molar-refractivity contribution in [1.29, 1.82) is 0 Å². The Morgan fingerprint density at radius 2 is 2.04 bits per heavy atom. The summed E-state index contributed by atoms with van der Waals surface area (Å²) in [4.78, 5) is 23.2. The second-order valence-electron chi connectivity index (χ2n) is 13.5. The fourth-order valence-electron chi connectivity index (χ4n) is 8.22. The molecule has 1 unspecified atom stereocenters. The molecule has 1 fully saturated rings. The van der Waals surface area contributed by atoms with E-state index >= 15 is 0 Å². The number of hydrogen-bond donors (Lipinski definition) is 1. The number of aromatic nitrogens is 2. The molecular formula is C37H42ClN3O4S. The van der Waals surface area contributed by atoms with Gasteiger partial charge < -0.3 is 19.5 Å². The minimum atomic E-state index is -0.919. The summed E-state index contributed by atoms with van der Waals surface area (Å²) in [7, 11) is 1.86. The molecule has 0 bridgehead atoms. The SMILES string of the molecule is CO[C@@H](C1=CC[C@H](CSc2ncccn2)CC1)[C@@H]1CC[C@H]1CN1CC2(CCCc3cc(Cl)ccc32)COc2ccc(C(=O)O)cc21. The molecule has 0 saturated heterocycles. The van der Waals surface area contributed by atoms with Crippen molar-refractivity contribution in [2.24, 2.45) is 17.8 Å². The first-order valence-corrected chi connectivity index (χ1v) is 17.9. The molecule has 0 amide bonds. The van der Waals surface area contributed by atoms with Crippen LogP contribution in [0.3, 0.4) is 0 Å². The second-order valence-corrected chi connectivity index (χ2v) is 14.9. The van der Waals surface area contributed by atoms with E-state index in [4.69, 9.17) is 21.1 Å². The fourth-order valence-corrected chi connectivity index (χ4v) is 9.38. The summed E-state index contributed by atoms with van der Waals surface area (Å²) in [5.74, 6) is 2.37. The first-order valence-electron chi connectivity index (χ1n) is 16.6. The second kappa shape index (κ2) is 13.6. The number of thioether (sulfide) groups is 1. The van der Waals surface area contributed by atoms with Crippen molar-refractivity contribution < 1.29 is 19.4 Å². The molecule has 2 aromatic carbocycles. The van der Waals surface area contributed by atoms with E-state index in [1.54, 1.807) is 30.2 Å². The van der Waals surface area contributed by atoms with E-state index in [9.17, 15) is 9.90 Å². The maximum atomic E-state index is 12.0. The highest BCUT2D eigenvalue weighted by atomic mass is 35.5. The molecule has 1 aromatic heterocycles. The molecule has 1 saturated carbocycles. The van der Waals surface area contributed by atoms with Gasteiger partial charge in [0.2, 0.25) is 0 Å². The lowest BCUT2D eigenvalue weighted by Gasteiger charge is -2.47. The first-order chi connectivity index (χ1) is 22.4. The third-order valence-electron chi connectivity index (χ3n) is 10.8. The largest absolute Gasteiger partial charge is 0.490 e. The average Bonchev–Trinajstić information content (AvgIpc) is 3.22. The van der Waals surface area contributed by atoms with Crippen molar-refractivity contribution in [2.45, 2.75) is 68.0 Å². The molecule has 3 aromatic rings. The van der Waals surface area contributed by atoms with Gasteiger partial charge in [-0.2, -0.15) is 0 Å². The lowest BCUT2D eigenvalue weighted by Crippen LogP contribution is -2.50. The third kappa shape index (κ3) is 6.41. The topological polar surface area (TPSA) is 84.8 Å². The summed E-state index contributed by atoms with van der Waals surface area (Å²) in [6.07, 6.45) is 14.8. The molecule has 4 aliphatic rings. The minimum absolute atomic E-state index is 0.115.